The molecule has 94 valence electrons. The highest BCUT2D eigenvalue weighted by atomic mass is 16.7. The van der Waals surface area contributed by atoms with Crippen molar-refractivity contribution in [2.75, 3.05) is 6.61 Å². The van der Waals surface area contributed by atoms with Crippen LogP contribution in [0.15, 0.2) is 25.0 Å². The Hall–Kier alpha value is -1.13. The molecule has 0 aromatic carbocycles. The minimum absolute atomic E-state index is 0.0481. The van der Waals surface area contributed by atoms with E-state index in [-0.39, 0.29) is 12.4 Å². The quantitative estimate of drug-likeness (QED) is 0.737. The van der Waals surface area contributed by atoms with Crippen LogP contribution in [0.1, 0.15) is 38.1 Å². The molecule has 1 aromatic rings. The Labute approximate surface area is 102 Å². The number of imidazole rings is 1. The fourth-order valence-corrected chi connectivity index (χ4v) is 2.08. The van der Waals surface area contributed by atoms with Crippen molar-refractivity contribution in [1.29, 1.82) is 0 Å². The van der Waals surface area contributed by atoms with Gasteiger partial charge in [-0.3, -0.25) is 0 Å². The smallest absolute Gasteiger partial charge is 0.158 e. The molecular weight excluding hydrogens is 216 g/mol. The lowest BCUT2D eigenvalue weighted by molar-refractivity contribution is -0.188. The van der Waals surface area contributed by atoms with Crippen LogP contribution >= 0.6 is 0 Å². The average Bonchev–Trinajstić information content (AvgIpc) is 2.79. The van der Waals surface area contributed by atoms with Crippen molar-refractivity contribution in [1.82, 2.24) is 9.55 Å². The van der Waals surface area contributed by atoms with E-state index < -0.39 is 0 Å². The molecule has 0 aliphatic carbocycles. The maximum atomic E-state index is 5.88. The van der Waals surface area contributed by atoms with Gasteiger partial charge in [-0.2, -0.15) is 0 Å². The highest BCUT2D eigenvalue weighted by Gasteiger charge is 2.20. The lowest BCUT2D eigenvalue weighted by atomic mass is 10.2. The molecule has 4 heteroatoms. The van der Waals surface area contributed by atoms with Crippen molar-refractivity contribution in [3.8, 4) is 0 Å². The average molecular weight is 236 g/mol. The second-order valence-corrected chi connectivity index (χ2v) is 4.30. The number of ether oxygens (including phenoxy) is 2. The number of hydrogen-bond acceptors (Lipinski definition) is 3. The molecule has 2 atom stereocenters. The van der Waals surface area contributed by atoms with Crippen LogP contribution in [0.25, 0.3) is 0 Å². The largest absolute Gasteiger partial charge is 0.353 e. The summed E-state index contributed by atoms with van der Waals surface area (Å²) < 4.78 is 13.5. The molecule has 0 radical (unpaired) electrons. The second kappa shape index (κ2) is 5.98. The summed E-state index contributed by atoms with van der Waals surface area (Å²) in [4.78, 5) is 4.33. The summed E-state index contributed by atoms with van der Waals surface area (Å²) in [6.07, 6.45) is 8.76. The second-order valence-electron chi connectivity index (χ2n) is 4.30. The van der Waals surface area contributed by atoms with Crippen molar-refractivity contribution in [2.45, 2.75) is 45.1 Å². The predicted octanol–water partition coefficient (Wildman–Crippen LogP) is 2.67. The van der Waals surface area contributed by atoms with Gasteiger partial charge in [-0.15, -0.1) is 6.58 Å². The van der Waals surface area contributed by atoms with Crippen molar-refractivity contribution >= 4 is 0 Å². The van der Waals surface area contributed by atoms with Crippen molar-refractivity contribution < 1.29 is 9.47 Å². The maximum absolute atomic E-state index is 5.88. The van der Waals surface area contributed by atoms with E-state index in [1.807, 2.05) is 23.8 Å². The third-order valence-corrected chi connectivity index (χ3v) is 2.93. The summed E-state index contributed by atoms with van der Waals surface area (Å²) in [5.74, 6) is 0.930. The standard InChI is InChI=1S/C13H20N2O2/c1-3-8-15-9-7-14-13(15)11(2)17-12-6-4-5-10-16-12/h3,7,9,11-12H,1,4-6,8,10H2,2H3/t11-,12?/m0/s1. The Kier molecular flexibility index (Phi) is 4.34. The normalized spacial score (nSPS) is 22.3. The number of hydrogen-bond donors (Lipinski definition) is 0. The number of nitrogens with zero attached hydrogens (tertiary/aromatic N) is 2. The molecule has 2 rings (SSSR count). The number of aromatic nitrogens is 2. The van der Waals surface area contributed by atoms with Gasteiger partial charge in [-0.25, -0.2) is 4.98 Å². The van der Waals surface area contributed by atoms with Crippen LogP contribution in [0.3, 0.4) is 0 Å². The summed E-state index contributed by atoms with van der Waals surface area (Å²) in [5, 5.41) is 0. The minimum atomic E-state index is -0.0763. The summed E-state index contributed by atoms with van der Waals surface area (Å²) in [6.45, 7) is 7.31. The molecule has 17 heavy (non-hydrogen) atoms. The van der Waals surface area contributed by atoms with Crippen LogP contribution in [-0.2, 0) is 16.0 Å². The topological polar surface area (TPSA) is 36.3 Å². The van der Waals surface area contributed by atoms with E-state index in [4.69, 9.17) is 9.47 Å². The Morgan fingerprint density at radius 2 is 2.59 bits per heavy atom. The van der Waals surface area contributed by atoms with Crippen LogP contribution in [0.5, 0.6) is 0 Å². The van der Waals surface area contributed by atoms with Crippen LogP contribution in [0, 0.1) is 0 Å². The molecule has 0 saturated carbocycles. The van der Waals surface area contributed by atoms with Gasteiger partial charge in [0.2, 0.25) is 0 Å². The Bertz CT molecular complexity index is 356. The maximum Gasteiger partial charge on any atom is 0.158 e. The first-order chi connectivity index (χ1) is 8.31. The Balaban J connectivity index is 1.95. The first kappa shape index (κ1) is 12.3. The van der Waals surface area contributed by atoms with Crippen LogP contribution in [-0.4, -0.2) is 22.4 Å². The van der Waals surface area contributed by atoms with Gasteiger partial charge in [0.05, 0.1) is 0 Å². The summed E-state index contributed by atoms with van der Waals surface area (Å²) in [7, 11) is 0. The van der Waals surface area contributed by atoms with Crippen molar-refractivity contribution in [2.24, 2.45) is 0 Å². The first-order valence-electron chi connectivity index (χ1n) is 6.20. The highest BCUT2D eigenvalue weighted by Crippen LogP contribution is 2.22. The van der Waals surface area contributed by atoms with E-state index in [0.717, 1.165) is 31.8 Å². The molecule has 0 bridgehead atoms. The van der Waals surface area contributed by atoms with Gasteiger partial charge < -0.3 is 14.0 Å². The summed E-state index contributed by atoms with van der Waals surface area (Å²) >= 11 is 0. The first-order valence-corrected chi connectivity index (χ1v) is 6.20. The van der Waals surface area contributed by atoms with E-state index in [9.17, 15) is 0 Å². The Morgan fingerprint density at radius 3 is 3.29 bits per heavy atom. The molecule has 2 heterocycles. The number of allylic oxidation sites excluding steroid dienone is 1. The predicted molar refractivity (Wildman–Crippen MR) is 65.5 cm³/mol. The lowest BCUT2D eigenvalue weighted by Gasteiger charge is -2.26. The molecule has 4 nitrogen and oxygen atoms in total. The van der Waals surface area contributed by atoms with Crippen molar-refractivity contribution in [3.63, 3.8) is 0 Å². The van der Waals surface area contributed by atoms with E-state index in [1.165, 1.54) is 6.42 Å². The molecule has 1 aromatic heterocycles. The molecule has 1 unspecified atom stereocenters. The summed E-state index contributed by atoms with van der Waals surface area (Å²) in [6, 6.07) is 0. The van der Waals surface area contributed by atoms with E-state index >= 15 is 0 Å². The van der Waals surface area contributed by atoms with E-state index in [1.54, 1.807) is 6.20 Å². The zero-order valence-electron chi connectivity index (χ0n) is 10.3. The minimum Gasteiger partial charge on any atom is -0.353 e. The van der Waals surface area contributed by atoms with Crippen LogP contribution < -0.4 is 0 Å². The molecular formula is C13H20N2O2. The van der Waals surface area contributed by atoms with E-state index in [0.29, 0.717) is 0 Å². The van der Waals surface area contributed by atoms with Gasteiger partial charge in [-0.05, 0) is 26.2 Å². The number of rotatable bonds is 5. The van der Waals surface area contributed by atoms with Crippen LogP contribution in [0.2, 0.25) is 0 Å². The monoisotopic (exact) mass is 236 g/mol. The van der Waals surface area contributed by atoms with Gasteiger partial charge in [-0.1, -0.05) is 6.08 Å². The van der Waals surface area contributed by atoms with Gasteiger partial charge in [0.15, 0.2) is 6.29 Å². The molecule has 1 fully saturated rings. The fraction of sp³-hybridized carbons (Fsp3) is 0.615. The molecule has 1 aliphatic rings. The Morgan fingerprint density at radius 1 is 1.71 bits per heavy atom. The van der Waals surface area contributed by atoms with Crippen molar-refractivity contribution in [3.05, 3.63) is 30.9 Å². The summed E-state index contributed by atoms with van der Waals surface area (Å²) in [5.41, 5.74) is 0. The van der Waals surface area contributed by atoms with E-state index in [2.05, 4.69) is 11.6 Å². The lowest BCUT2D eigenvalue weighted by Crippen LogP contribution is -2.24. The van der Waals surface area contributed by atoms with Gasteiger partial charge in [0.1, 0.15) is 11.9 Å². The third-order valence-electron chi connectivity index (χ3n) is 2.93. The molecule has 0 spiro atoms. The highest BCUT2D eigenvalue weighted by molar-refractivity contribution is 4.97. The zero-order chi connectivity index (χ0) is 12.1. The van der Waals surface area contributed by atoms with Gasteiger partial charge in [0.25, 0.3) is 0 Å². The van der Waals surface area contributed by atoms with Gasteiger partial charge >= 0.3 is 0 Å². The molecule has 0 amide bonds. The zero-order valence-corrected chi connectivity index (χ0v) is 10.3. The molecule has 0 N–H and O–H groups in total. The molecule has 1 saturated heterocycles. The fourth-order valence-electron chi connectivity index (χ4n) is 2.08. The molecule has 1 aliphatic heterocycles. The van der Waals surface area contributed by atoms with Crippen LogP contribution in [0.4, 0.5) is 0 Å². The third kappa shape index (κ3) is 3.17. The van der Waals surface area contributed by atoms with Gasteiger partial charge in [0, 0.05) is 25.5 Å². The SMILES string of the molecule is C=CCn1ccnc1[C@H](C)OC1CCCCO1.